The van der Waals surface area contributed by atoms with E-state index >= 15 is 0 Å². The van der Waals surface area contributed by atoms with Crippen LogP contribution in [0, 0.1) is 18.8 Å². The maximum Gasteiger partial charge on any atom is 0.278 e. The van der Waals surface area contributed by atoms with Gasteiger partial charge in [-0.05, 0) is 51.0 Å². The van der Waals surface area contributed by atoms with E-state index < -0.39 is 12.5 Å². The zero-order chi connectivity index (χ0) is 23.4. The number of ketones is 1. The van der Waals surface area contributed by atoms with Crippen molar-refractivity contribution in [2.75, 3.05) is 19.7 Å². The molecule has 0 saturated heterocycles. The third-order valence-corrected chi connectivity index (χ3v) is 8.57. The summed E-state index contributed by atoms with van der Waals surface area (Å²) in [6, 6.07) is 0. The van der Waals surface area contributed by atoms with Gasteiger partial charge in [-0.2, -0.15) is 0 Å². The maximum atomic E-state index is 13.0. The number of aromatic nitrogens is 2. The summed E-state index contributed by atoms with van der Waals surface area (Å²) in [6.07, 6.45) is 9.80. The van der Waals surface area contributed by atoms with Crippen LogP contribution in [-0.4, -0.2) is 46.3 Å². The third-order valence-electron chi connectivity index (χ3n) is 6.59. The van der Waals surface area contributed by atoms with Crippen LogP contribution in [0.15, 0.2) is 6.20 Å². The summed E-state index contributed by atoms with van der Waals surface area (Å²) in [4.78, 5) is 25.9. The molecule has 0 N–H and O–H groups in total. The molecule has 4 rings (SSSR count). The second-order valence-electron chi connectivity index (χ2n) is 9.69. The summed E-state index contributed by atoms with van der Waals surface area (Å²) in [6.45, 7) is 5.06. The molecule has 0 unspecified atom stereocenters. The van der Waals surface area contributed by atoms with E-state index in [0.717, 1.165) is 67.3 Å². The Labute approximate surface area is 202 Å². The van der Waals surface area contributed by atoms with Gasteiger partial charge >= 0.3 is 0 Å². The second-order valence-corrected chi connectivity index (χ2v) is 12.1. The van der Waals surface area contributed by atoms with Crippen LogP contribution in [-0.2, 0) is 24.2 Å². The molecule has 2 aromatic heterocycles. The topological polar surface area (TPSA) is 55.3 Å². The lowest BCUT2D eigenvalue weighted by molar-refractivity contribution is -0.119. The Morgan fingerprint density at radius 2 is 2.00 bits per heavy atom. The third kappa shape index (κ3) is 7.52. The van der Waals surface area contributed by atoms with Crippen molar-refractivity contribution in [2.24, 2.45) is 11.8 Å². The summed E-state index contributed by atoms with van der Waals surface area (Å²) in [5.41, 5.74) is 0.985. The van der Waals surface area contributed by atoms with Gasteiger partial charge in [-0.3, -0.25) is 9.69 Å². The number of Topliss-reactive ketones (excluding diaryl/α,β-unsaturated/α-hetero) is 1. The van der Waals surface area contributed by atoms with Crippen LogP contribution in [0.5, 0.6) is 5.19 Å². The van der Waals surface area contributed by atoms with Crippen LogP contribution < -0.4 is 4.74 Å². The highest BCUT2D eigenvalue weighted by molar-refractivity contribution is 7.13. The smallest absolute Gasteiger partial charge is 0.278 e. The standard InChI is InChI=1S/C24H33F2N3O2S2/c1-16-13-27-22(32-16)12-19(30)11-18-5-3-17(4-6-18)7-9-29-10-8-21-20(14-29)28-23(33-21)31-15-24(2,25)26/h13,17-18H,3-12,14-15H2,1-2H3. The summed E-state index contributed by atoms with van der Waals surface area (Å²) in [5, 5.41) is 1.30. The highest BCUT2D eigenvalue weighted by Gasteiger charge is 2.27. The van der Waals surface area contributed by atoms with Crippen LogP contribution in [0.2, 0.25) is 0 Å². The fourth-order valence-corrected chi connectivity index (χ4v) is 6.53. The maximum absolute atomic E-state index is 13.0. The molecule has 5 nitrogen and oxygen atoms in total. The first-order valence-electron chi connectivity index (χ1n) is 11.9. The van der Waals surface area contributed by atoms with E-state index in [1.807, 2.05) is 13.1 Å². The highest BCUT2D eigenvalue weighted by Crippen LogP contribution is 2.34. The van der Waals surface area contributed by atoms with Gasteiger partial charge in [0.1, 0.15) is 10.8 Å². The largest absolute Gasteiger partial charge is 0.464 e. The van der Waals surface area contributed by atoms with Crippen molar-refractivity contribution in [1.82, 2.24) is 14.9 Å². The molecule has 1 aliphatic carbocycles. The monoisotopic (exact) mass is 497 g/mol. The van der Waals surface area contributed by atoms with Gasteiger partial charge in [-0.25, -0.2) is 18.7 Å². The minimum atomic E-state index is -2.84. The lowest BCUT2D eigenvalue weighted by Crippen LogP contribution is -2.32. The number of carbonyl (C=O) groups excluding carboxylic acids is 1. The average molecular weight is 498 g/mol. The number of thiazole rings is 2. The van der Waals surface area contributed by atoms with Gasteiger partial charge in [-0.1, -0.05) is 24.2 Å². The number of ether oxygens (including phenoxy) is 1. The van der Waals surface area contributed by atoms with Crippen molar-refractivity contribution in [3.8, 4) is 5.19 Å². The highest BCUT2D eigenvalue weighted by atomic mass is 32.1. The molecule has 0 atom stereocenters. The average Bonchev–Trinajstić information content (AvgIpc) is 3.36. The number of halogens is 2. The van der Waals surface area contributed by atoms with Gasteiger partial charge in [-0.15, -0.1) is 11.3 Å². The Bertz CT molecular complexity index is 933. The number of hydrogen-bond donors (Lipinski definition) is 0. The molecule has 0 spiro atoms. The van der Waals surface area contributed by atoms with Crippen molar-refractivity contribution < 1.29 is 18.3 Å². The van der Waals surface area contributed by atoms with Crippen molar-refractivity contribution >= 4 is 28.5 Å². The van der Waals surface area contributed by atoms with E-state index in [-0.39, 0.29) is 0 Å². The molecule has 2 aliphatic rings. The molecule has 2 aromatic rings. The van der Waals surface area contributed by atoms with Crippen LogP contribution in [0.3, 0.4) is 0 Å². The van der Waals surface area contributed by atoms with Gasteiger partial charge in [0.15, 0.2) is 6.61 Å². The minimum absolute atomic E-state index is 0.325. The number of alkyl halides is 2. The lowest BCUT2D eigenvalue weighted by Gasteiger charge is -2.31. The molecule has 33 heavy (non-hydrogen) atoms. The zero-order valence-electron chi connectivity index (χ0n) is 19.4. The number of rotatable bonds is 10. The molecular weight excluding hydrogens is 464 g/mol. The van der Waals surface area contributed by atoms with Gasteiger partial charge < -0.3 is 4.74 Å². The quantitative estimate of drug-likeness (QED) is 0.422. The van der Waals surface area contributed by atoms with Crippen molar-refractivity contribution in [1.29, 1.82) is 0 Å². The molecule has 0 amide bonds. The molecule has 0 radical (unpaired) electrons. The Balaban J connectivity index is 1.15. The van der Waals surface area contributed by atoms with E-state index in [4.69, 9.17) is 4.74 Å². The zero-order valence-corrected chi connectivity index (χ0v) is 21.1. The minimum Gasteiger partial charge on any atom is -0.464 e. The predicted octanol–water partition coefficient (Wildman–Crippen LogP) is 5.70. The first-order chi connectivity index (χ1) is 15.7. The van der Waals surface area contributed by atoms with Gasteiger partial charge in [0.05, 0.1) is 12.1 Å². The molecule has 1 fully saturated rings. The van der Waals surface area contributed by atoms with E-state index in [2.05, 4.69) is 14.9 Å². The lowest BCUT2D eigenvalue weighted by atomic mass is 9.78. The SMILES string of the molecule is Cc1cnc(CC(=O)CC2CCC(CCN3CCc4sc(OCC(C)(F)F)nc4C3)CC2)s1. The molecule has 182 valence electrons. The normalized spacial score (nSPS) is 21.7. The number of nitrogens with zero attached hydrogens (tertiary/aromatic N) is 3. The van der Waals surface area contributed by atoms with E-state index in [0.29, 0.717) is 29.7 Å². The summed E-state index contributed by atoms with van der Waals surface area (Å²) in [7, 11) is 0. The second kappa shape index (κ2) is 10.9. The van der Waals surface area contributed by atoms with Crippen LogP contribution in [0.4, 0.5) is 8.78 Å². The number of fused-ring (bicyclic) bond motifs is 1. The fourth-order valence-electron chi connectivity index (χ4n) is 4.81. The van der Waals surface area contributed by atoms with Gasteiger partial charge in [0.25, 0.3) is 11.1 Å². The Morgan fingerprint density at radius 3 is 2.70 bits per heavy atom. The van der Waals surface area contributed by atoms with E-state index in [1.54, 1.807) is 11.3 Å². The van der Waals surface area contributed by atoms with Crippen LogP contribution in [0.1, 0.15) is 65.9 Å². The Morgan fingerprint density at radius 1 is 1.24 bits per heavy atom. The van der Waals surface area contributed by atoms with Gasteiger partial charge in [0.2, 0.25) is 0 Å². The van der Waals surface area contributed by atoms with Crippen LogP contribution >= 0.6 is 22.7 Å². The van der Waals surface area contributed by atoms with Crippen molar-refractivity contribution in [2.45, 2.75) is 77.7 Å². The molecule has 0 aromatic carbocycles. The van der Waals surface area contributed by atoms with Crippen molar-refractivity contribution in [3.63, 3.8) is 0 Å². The fraction of sp³-hybridized carbons (Fsp3) is 0.708. The first kappa shape index (κ1) is 24.7. The molecule has 1 saturated carbocycles. The molecule has 3 heterocycles. The Kier molecular flexibility index (Phi) is 8.12. The summed E-state index contributed by atoms with van der Waals surface area (Å²) in [5.74, 6) is -1.27. The van der Waals surface area contributed by atoms with Crippen molar-refractivity contribution in [3.05, 3.63) is 26.7 Å². The number of carbonyl (C=O) groups is 1. The first-order valence-corrected chi connectivity index (χ1v) is 13.5. The number of aryl methyl sites for hydroxylation is 1. The molecule has 1 aliphatic heterocycles. The molecule has 0 bridgehead atoms. The molecule has 9 heteroatoms. The summed E-state index contributed by atoms with van der Waals surface area (Å²) >= 11 is 3.03. The predicted molar refractivity (Wildman–Crippen MR) is 127 cm³/mol. The van der Waals surface area contributed by atoms with E-state index in [9.17, 15) is 13.6 Å². The Hall–Kier alpha value is -1.45. The summed E-state index contributed by atoms with van der Waals surface area (Å²) < 4.78 is 31.3. The van der Waals surface area contributed by atoms with Crippen LogP contribution in [0.25, 0.3) is 0 Å². The van der Waals surface area contributed by atoms with E-state index in [1.165, 1.54) is 35.5 Å². The molecular formula is C24H33F2N3O2S2. The number of hydrogen-bond acceptors (Lipinski definition) is 7. The van der Waals surface area contributed by atoms with Gasteiger partial charge in [0, 0.05) is 42.4 Å².